The first-order chi connectivity index (χ1) is 7.08. The summed E-state index contributed by atoms with van der Waals surface area (Å²) in [5.41, 5.74) is 5.94. The van der Waals surface area contributed by atoms with Crippen molar-refractivity contribution in [3.63, 3.8) is 0 Å². The molecular formula is C9H7Cl2N3O. The Kier molecular flexibility index (Phi) is 2.54. The van der Waals surface area contributed by atoms with Gasteiger partial charge in [0.25, 0.3) is 5.91 Å². The number of amidine groups is 1. The minimum atomic E-state index is -0.197. The molecule has 78 valence electrons. The minimum absolute atomic E-state index is 0.124. The molecule has 4 nitrogen and oxygen atoms in total. The second kappa shape index (κ2) is 3.72. The molecule has 1 heterocycles. The number of hydrazone groups is 1. The largest absolute Gasteiger partial charge is 0.385 e. The van der Waals surface area contributed by atoms with E-state index in [-0.39, 0.29) is 18.2 Å². The highest BCUT2D eigenvalue weighted by atomic mass is 35.5. The lowest BCUT2D eigenvalue weighted by Crippen LogP contribution is -2.19. The molecule has 0 radical (unpaired) electrons. The Morgan fingerprint density at radius 3 is 2.67 bits per heavy atom. The first-order valence-electron chi connectivity index (χ1n) is 4.19. The molecule has 0 saturated heterocycles. The Bertz CT molecular complexity index is 459. The molecule has 6 heteroatoms. The quantitative estimate of drug-likeness (QED) is 0.821. The first kappa shape index (κ1) is 10.3. The maximum absolute atomic E-state index is 11.5. The van der Waals surface area contributed by atoms with Gasteiger partial charge < -0.3 is 5.73 Å². The van der Waals surface area contributed by atoms with Gasteiger partial charge in [-0.3, -0.25) is 4.79 Å². The van der Waals surface area contributed by atoms with Gasteiger partial charge in [-0.25, -0.2) is 0 Å². The number of amides is 1. The number of hydrogen-bond donors (Lipinski definition) is 1. The van der Waals surface area contributed by atoms with Gasteiger partial charge in [0.05, 0.1) is 17.1 Å². The van der Waals surface area contributed by atoms with Gasteiger partial charge >= 0.3 is 0 Å². The summed E-state index contributed by atoms with van der Waals surface area (Å²) in [6.45, 7) is 0. The normalized spacial score (nSPS) is 15.7. The van der Waals surface area contributed by atoms with E-state index < -0.39 is 0 Å². The maximum Gasteiger partial charge on any atom is 0.255 e. The summed E-state index contributed by atoms with van der Waals surface area (Å²) in [7, 11) is 0. The van der Waals surface area contributed by atoms with E-state index in [0.29, 0.717) is 15.7 Å². The third-order valence-corrected chi connectivity index (χ3v) is 2.47. The number of hydrogen-bond acceptors (Lipinski definition) is 3. The highest BCUT2D eigenvalue weighted by Crippen LogP contribution is 2.30. The van der Waals surface area contributed by atoms with Crippen LogP contribution in [0.1, 0.15) is 6.42 Å². The lowest BCUT2D eigenvalue weighted by Gasteiger charge is -2.12. The van der Waals surface area contributed by atoms with Crippen molar-refractivity contribution in [3.05, 3.63) is 28.2 Å². The molecule has 0 fully saturated rings. The molecule has 2 N–H and O–H groups in total. The molecule has 15 heavy (non-hydrogen) atoms. The van der Waals surface area contributed by atoms with Crippen LogP contribution in [0.5, 0.6) is 0 Å². The average Bonchev–Trinajstić information content (AvgIpc) is 2.45. The van der Waals surface area contributed by atoms with E-state index >= 15 is 0 Å². The van der Waals surface area contributed by atoms with Gasteiger partial charge in [-0.2, -0.15) is 10.1 Å². The molecule has 0 unspecified atom stereocenters. The number of nitrogens with two attached hydrogens (primary N) is 1. The van der Waals surface area contributed by atoms with E-state index in [2.05, 4.69) is 5.10 Å². The lowest BCUT2D eigenvalue weighted by atomic mass is 10.3. The summed E-state index contributed by atoms with van der Waals surface area (Å²) in [5, 5.41) is 5.95. The molecular weight excluding hydrogens is 237 g/mol. The Morgan fingerprint density at radius 1 is 1.40 bits per heavy atom. The lowest BCUT2D eigenvalue weighted by molar-refractivity contribution is -0.116. The first-order valence-corrected chi connectivity index (χ1v) is 4.94. The monoisotopic (exact) mass is 243 g/mol. The molecule has 1 aromatic carbocycles. The Balaban J connectivity index is 2.42. The van der Waals surface area contributed by atoms with Crippen LogP contribution in [0, 0.1) is 0 Å². The summed E-state index contributed by atoms with van der Waals surface area (Å²) < 4.78 is 0. The number of anilines is 1. The summed E-state index contributed by atoms with van der Waals surface area (Å²) in [5.74, 6) is 0.0859. The van der Waals surface area contributed by atoms with Crippen LogP contribution in [-0.4, -0.2) is 11.7 Å². The Morgan fingerprint density at radius 2 is 2.13 bits per heavy atom. The molecule has 1 aliphatic heterocycles. The average molecular weight is 244 g/mol. The van der Waals surface area contributed by atoms with Crippen molar-refractivity contribution in [2.75, 3.05) is 5.01 Å². The van der Waals surface area contributed by atoms with Gasteiger partial charge in [-0.15, -0.1) is 0 Å². The molecule has 0 saturated carbocycles. The summed E-state index contributed by atoms with van der Waals surface area (Å²) in [6, 6.07) is 4.82. The summed E-state index contributed by atoms with van der Waals surface area (Å²) in [4.78, 5) is 11.5. The van der Waals surface area contributed by atoms with Crippen LogP contribution in [0.4, 0.5) is 5.69 Å². The fourth-order valence-electron chi connectivity index (χ4n) is 1.29. The van der Waals surface area contributed by atoms with Crippen LogP contribution in [0.25, 0.3) is 0 Å². The van der Waals surface area contributed by atoms with Crippen molar-refractivity contribution < 1.29 is 4.79 Å². The van der Waals surface area contributed by atoms with E-state index in [4.69, 9.17) is 28.9 Å². The SMILES string of the molecule is NC1=NN(c2ccc(Cl)cc2Cl)C(=O)C1. The van der Waals surface area contributed by atoms with E-state index in [9.17, 15) is 4.79 Å². The molecule has 0 aliphatic carbocycles. The standard InChI is InChI=1S/C9H7Cl2N3O/c10-5-1-2-7(6(11)3-5)14-9(15)4-8(12)13-14/h1-3H,4H2,(H2,12,13). The molecule has 1 amide bonds. The van der Waals surface area contributed by atoms with Crippen LogP contribution in [-0.2, 0) is 4.79 Å². The Hall–Kier alpha value is -1.26. The zero-order valence-electron chi connectivity index (χ0n) is 7.58. The topological polar surface area (TPSA) is 58.7 Å². The fourth-order valence-corrected chi connectivity index (χ4v) is 1.78. The molecule has 0 bridgehead atoms. The molecule has 2 rings (SSSR count). The fraction of sp³-hybridized carbons (Fsp3) is 0.111. The second-order valence-corrected chi connectivity index (χ2v) is 3.91. The Labute approximate surface area is 96.3 Å². The minimum Gasteiger partial charge on any atom is -0.385 e. The predicted octanol–water partition coefficient (Wildman–Crippen LogP) is 2.00. The molecule has 0 spiro atoms. The maximum atomic E-state index is 11.5. The van der Waals surface area contributed by atoms with Crippen molar-refractivity contribution in [1.82, 2.24) is 0 Å². The van der Waals surface area contributed by atoms with Gasteiger partial charge in [0.1, 0.15) is 5.84 Å². The van der Waals surface area contributed by atoms with Crippen LogP contribution >= 0.6 is 23.2 Å². The third kappa shape index (κ3) is 1.91. The van der Waals surface area contributed by atoms with E-state index in [0.717, 1.165) is 0 Å². The zero-order chi connectivity index (χ0) is 11.0. The number of rotatable bonds is 1. The third-order valence-electron chi connectivity index (χ3n) is 1.93. The van der Waals surface area contributed by atoms with Crippen molar-refractivity contribution in [2.24, 2.45) is 10.8 Å². The van der Waals surface area contributed by atoms with Crippen molar-refractivity contribution in [2.45, 2.75) is 6.42 Å². The number of nitrogens with zero attached hydrogens (tertiary/aromatic N) is 2. The molecule has 0 aromatic heterocycles. The van der Waals surface area contributed by atoms with Gasteiger partial charge in [0, 0.05) is 5.02 Å². The number of carbonyl (C=O) groups excluding carboxylic acids is 1. The molecule has 0 atom stereocenters. The van der Waals surface area contributed by atoms with Crippen molar-refractivity contribution >= 4 is 40.6 Å². The van der Waals surface area contributed by atoms with Gasteiger partial charge in [-0.05, 0) is 18.2 Å². The van der Waals surface area contributed by atoms with Crippen molar-refractivity contribution in [3.8, 4) is 0 Å². The van der Waals surface area contributed by atoms with Crippen molar-refractivity contribution in [1.29, 1.82) is 0 Å². The highest BCUT2D eigenvalue weighted by molar-refractivity contribution is 6.37. The van der Waals surface area contributed by atoms with Crippen LogP contribution < -0.4 is 10.7 Å². The summed E-state index contributed by atoms with van der Waals surface area (Å²) in [6.07, 6.45) is 0.124. The number of benzene rings is 1. The molecule has 1 aromatic rings. The van der Waals surface area contributed by atoms with Crippen LogP contribution in [0.2, 0.25) is 10.0 Å². The number of carbonyl (C=O) groups is 1. The van der Waals surface area contributed by atoms with Crippen LogP contribution in [0.3, 0.4) is 0 Å². The smallest absolute Gasteiger partial charge is 0.255 e. The highest BCUT2D eigenvalue weighted by Gasteiger charge is 2.25. The van der Waals surface area contributed by atoms with E-state index in [1.165, 1.54) is 5.01 Å². The summed E-state index contributed by atoms with van der Waals surface area (Å²) >= 11 is 11.7. The van der Waals surface area contributed by atoms with Gasteiger partial charge in [-0.1, -0.05) is 23.2 Å². The zero-order valence-corrected chi connectivity index (χ0v) is 9.09. The number of halogens is 2. The van der Waals surface area contributed by atoms with Crippen LogP contribution in [0.15, 0.2) is 23.3 Å². The second-order valence-electron chi connectivity index (χ2n) is 3.07. The van der Waals surface area contributed by atoms with E-state index in [1.807, 2.05) is 0 Å². The molecule has 1 aliphatic rings. The predicted molar refractivity (Wildman–Crippen MR) is 60.2 cm³/mol. The van der Waals surface area contributed by atoms with Gasteiger partial charge in [0.15, 0.2) is 0 Å². The van der Waals surface area contributed by atoms with E-state index in [1.54, 1.807) is 18.2 Å². The van der Waals surface area contributed by atoms with Gasteiger partial charge in [0.2, 0.25) is 0 Å².